The Labute approximate surface area is 207 Å². The smallest absolute Gasteiger partial charge is 0.407 e. The summed E-state index contributed by atoms with van der Waals surface area (Å²) < 4.78 is 5.52. The van der Waals surface area contributed by atoms with E-state index in [1.165, 1.54) is 0 Å². The SMILES string of the molecule is NC(=O)c1cccc2c(C[C@H](NC(=O)OCC3c4ccccc4-c4ccccc43)C(=O)O)cccc12. The lowest BCUT2D eigenvalue weighted by Crippen LogP contribution is -2.43. The molecule has 36 heavy (non-hydrogen) atoms. The molecule has 0 saturated carbocycles. The number of fused-ring (bicyclic) bond motifs is 4. The maximum Gasteiger partial charge on any atom is 0.407 e. The maximum atomic E-state index is 12.7. The first-order valence-corrected chi connectivity index (χ1v) is 11.6. The normalized spacial score (nSPS) is 13.0. The molecule has 4 aromatic rings. The number of aliphatic carboxylic acids is 1. The Morgan fingerprint density at radius 2 is 1.44 bits per heavy atom. The van der Waals surface area contributed by atoms with Gasteiger partial charge in [0.05, 0.1) is 0 Å². The maximum absolute atomic E-state index is 12.7. The second-order valence-corrected chi connectivity index (χ2v) is 8.75. The van der Waals surface area contributed by atoms with Gasteiger partial charge in [0.1, 0.15) is 12.6 Å². The standard InChI is InChI=1S/C29H24N2O5/c30-27(32)24-14-6-12-18-17(7-5-13-19(18)24)15-26(28(33)34)31-29(35)36-16-25-22-10-3-1-8-20(22)21-9-2-4-11-23(21)25/h1-14,25-26H,15-16H2,(H2,30,32)(H,31,35)(H,33,34)/t26-/m0/s1. The van der Waals surface area contributed by atoms with Crippen molar-refractivity contribution in [1.82, 2.24) is 5.32 Å². The van der Waals surface area contributed by atoms with Gasteiger partial charge in [-0.3, -0.25) is 4.79 Å². The van der Waals surface area contributed by atoms with Crippen LogP contribution in [0.25, 0.3) is 21.9 Å². The zero-order valence-corrected chi connectivity index (χ0v) is 19.3. The third-order valence-corrected chi connectivity index (χ3v) is 6.64. The molecule has 4 aromatic carbocycles. The predicted molar refractivity (Wildman–Crippen MR) is 136 cm³/mol. The molecule has 0 heterocycles. The summed E-state index contributed by atoms with van der Waals surface area (Å²) in [7, 11) is 0. The van der Waals surface area contributed by atoms with Crippen molar-refractivity contribution in [2.45, 2.75) is 18.4 Å². The molecule has 0 unspecified atom stereocenters. The van der Waals surface area contributed by atoms with Crippen molar-refractivity contribution in [2.24, 2.45) is 5.73 Å². The van der Waals surface area contributed by atoms with Crippen LogP contribution in [0.2, 0.25) is 0 Å². The number of primary amides is 1. The molecule has 1 aliphatic rings. The highest BCUT2D eigenvalue weighted by Crippen LogP contribution is 2.44. The number of alkyl carbamates (subject to hydrolysis) is 1. The average molecular weight is 481 g/mol. The quantitative estimate of drug-likeness (QED) is 0.361. The van der Waals surface area contributed by atoms with Gasteiger partial charge in [0.15, 0.2) is 0 Å². The number of benzene rings is 4. The third kappa shape index (κ3) is 4.27. The number of carboxylic acid groups (broad SMARTS) is 1. The minimum absolute atomic E-state index is 0.0130. The van der Waals surface area contributed by atoms with Gasteiger partial charge in [-0.05, 0) is 44.7 Å². The number of hydrogen-bond acceptors (Lipinski definition) is 4. The van der Waals surface area contributed by atoms with E-state index in [0.29, 0.717) is 21.9 Å². The Hall–Kier alpha value is -4.65. The van der Waals surface area contributed by atoms with E-state index in [4.69, 9.17) is 10.5 Å². The molecule has 0 bridgehead atoms. The highest BCUT2D eigenvalue weighted by Gasteiger charge is 2.30. The summed E-state index contributed by atoms with van der Waals surface area (Å²) in [5.74, 6) is -1.88. The van der Waals surface area contributed by atoms with Gasteiger partial charge < -0.3 is 20.9 Å². The van der Waals surface area contributed by atoms with E-state index in [1.807, 2.05) is 48.5 Å². The van der Waals surface area contributed by atoms with Crippen molar-refractivity contribution in [3.05, 3.63) is 107 Å². The van der Waals surface area contributed by atoms with Gasteiger partial charge in [-0.1, -0.05) is 78.9 Å². The molecule has 7 heteroatoms. The number of hydrogen-bond donors (Lipinski definition) is 3. The number of nitrogens with two attached hydrogens (primary N) is 1. The van der Waals surface area contributed by atoms with Crippen LogP contribution < -0.4 is 11.1 Å². The van der Waals surface area contributed by atoms with Crippen LogP contribution in [-0.2, 0) is 16.0 Å². The van der Waals surface area contributed by atoms with Crippen molar-refractivity contribution in [3.63, 3.8) is 0 Å². The fraction of sp³-hybridized carbons (Fsp3) is 0.138. The van der Waals surface area contributed by atoms with E-state index in [1.54, 1.807) is 36.4 Å². The summed E-state index contributed by atoms with van der Waals surface area (Å²) in [6, 6.07) is 25.1. The van der Waals surface area contributed by atoms with Crippen LogP contribution in [0.5, 0.6) is 0 Å². The van der Waals surface area contributed by atoms with Gasteiger partial charge in [-0.15, -0.1) is 0 Å². The first kappa shape index (κ1) is 23.1. The molecular weight excluding hydrogens is 456 g/mol. The van der Waals surface area contributed by atoms with Crippen molar-refractivity contribution < 1.29 is 24.2 Å². The van der Waals surface area contributed by atoms with Gasteiger partial charge >= 0.3 is 12.1 Å². The first-order valence-electron chi connectivity index (χ1n) is 11.6. The van der Waals surface area contributed by atoms with Crippen LogP contribution in [-0.4, -0.2) is 35.7 Å². The van der Waals surface area contributed by atoms with E-state index in [-0.39, 0.29) is 18.9 Å². The van der Waals surface area contributed by atoms with Crippen LogP contribution in [0, 0.1) is 0 Å². The number of rotatable bonds is 7. The van der Waals surface area contributed by atoms with E-state index in [0.717, 1.165) is 22.3 Å². The van der Waals surface area contributed by atoms with Crippen molar-refractivity contribution in [2.75, 3.05) is 6.61 Å². The number of nitrogens with one attached hydrogen (secondary N) is 1. The van der Waals surface area contributed by atoms with Crippen molar-refractivity contribution >= 4 is 28.7 Å². The molecule has 1 aliphatic carbocycles. The monoisotopic (exact) mass is 480 g/mol. The molecule has 0 fully saturated rings. The molecule has 7 nitrogen and oxygen atoms in total. The Kier molecular flexibility index (Phi) is 6.12. The fourth-order valence-corrected chi connectivity index (χ4v) is 4.97. The molecule has 4 N–H and O–H groups in total. The number of carbonyl (C=O) groups excluding carboxylic acids is 2. The highest BCUT2D eigenvalue weighted by atomic mass is 16.5. The molecule has 1 atom stereocenters. The molecule has 0 saturated heterocycles. The average Bonchev–Trinajstić information content (AvgIpc) is 3.20. The second-order valence-electron chi connectivity index (χ2n) is 8.75. The number of ether oxygens (including phenoxy) is 1. The van der Waals surface area contributed by atoms with Gasteiger partial charge in [-0.2, -0.15) is 0 Å². The van der Waals surface area contributed by atoms with Crippen LogP contribution in [0.1, 0.15) is 33.0 Å². The Morgan fingerprint density at radius 3 is 2.08 bits per heavy atom. The minimum Gasteiger partial charge on any atom is -0.480 e. The van der Waals surface area contributed by atoms with Crippen LogP contribution >= 0.6 is 0 Å². The molecule has 0 aromatic heterocycles. The lowest BCUT2D eigenvalue weighted by Gasteiger charge is -2.18. The Bertz CT molecular complexity index is 1450. The van der Waals surface area contributed by atoms with Gasteiger partial charge in [-0.25, -0.2) is 9.59 Å². The zero-order valence-electron chi connectivity index (χ0n) is 19.3. The lowest BCUT2D eigenvalue weighted by atomic mass is 9.96. The molecule has 0 spiro atoms. The van der Waals surface area contributed by atoms with Gasteiger partial charge in [0.25, 0.3) is 0 Å². The second kappa shape index (κ2) is 9.54. The summed E-state index contributed by atoms with van der Waals surface area (Å²) >= 11 is 0. The van der Waals surface area contributed by atoms with Crippen LogP contribution in [0.3, 0.4) is 0 Å². The molecule has 0 radical (unpaired) electrons. The van der Waals surface area contributed by atoms with Crippen LogP contribution in [0.4, 0.5) is 4.79 Å². The van der Waals surface area contributed by atoms with E-state index in [2.05, 4.69) is 5.32 Å². The fourth-order valence-electron chi connectivity index (χ4n) is 4.97. The first-order chi connectivity index (χ1) is 17.4. The molecular formula is C29H24N2O5. The highest BCUT2D eigenvalue weighted by molar-refractivity contribution is 6.07. The summed E-state index contributed by atoms with van der Waals surface area (Å²) in [4.78, 5) is 36.5. The third-order valence-electron chi connectivity index (χ3n) is 6.64. The Morgan fingerprint density at radius 1 is 0.833 bits per heavy atom. The lowest BCUT2D eigenvalue weighted by molar-refractivity contribution is -0.139. The minimum atomic E-state index is -1.22. The van der Waals surface area contributed by atoms with Crippen LogP contribution in [0.15, 0.2) is 84.9 Å². The zero-order chi connectivity index (χ0) is 25.2. The van der Waals surface area contributed by atoms with Crippen molar-refractivity contribution in [1.29, 1.82) is 0 Å². The summed E-state index contributed by atoms with van der Waals surface area (Å²) in [5, 5.41) is 13.6. The van der Waals surface area contributed by atoms with E-state index >= 15 is 0 Å². The number of carboxylic acids is 1. The van der Waals surface area contributed by atoms with Gasteiger partial charge in [0, 0.05) is 17.9 Å². The number of carbonyl (C=O) groups is 3. The molecule has 2 amide bonds. The largest absolute Gasteiger partial charge is 0.480 e. The predicted octanol–water partition coefficient (Wildman–Crippen LogP) is 4.47. The summed E-state index contributed by atoms with van der Waals surface area (Å²) in [6.07, 6.45) is -0.790. The molecule has 0 aliphatic heterocycles. The Balaban J connectivity index is 1.32. The van der Waals surface area contributed by atoms with E-state index < -0.39 is 24.0 Å². The molecule has 5 rings (SSSR count). The van der Waals surface area contributed by atoms with Gasteiger partial charge in [0.2, 0.25) is 5.91 Å². The topological polar surface area (TPSA) is 119 Å². The summed E-state index contributed by atoms with van der Waals surface area (Å²) in [6.45, 7) is 0.0858. The van der Waals surface area contributed by atoms with E-state index in [9.17, 15) is 19.5 Å². The summed E-state index contributed by atoms with van der Waals surface area (Å²) in [5.41, 5.74) is 10.9. The number of amides is 2. The molecule has 180 valence electrons. The van der Waals surface area contributed by atoms with Crippen molar-refractivity contribution in [3.8, 4) is 11.1 Å².